The fourth-order valence-corrected chi connectivity index (χ4v) is 0.977. The average Bonchev–Trinajstić information content (AvgIpc) is 2.17. The molecule has 0 aliphatic heterocycles. The van der Waals surface area contributed by atoms with E-state index in [4.69, 9.17) is 11.0 Å². The number of halogens is 1. The monoisotopic (exact) mass is 192 g/mol. The number of carbonyl (C=O) groups excluding carboxylic acids is 2. The quantitative estimate of drug-likeness (QED) is 0.696. The molecule has 0 spiro atoms. The van der Waals surface area contributed by atoms with Crippen LogP contribution in [0.15, 0.2) is 12.1 Å². The van der Waals surface area contributed by atoms with Crippen LogP contribution < -0.4 is 5.73 Å². The van der Waals surface area contributed by atoms with Gasteiger partial charge in [0, 0.05) is 0 Å². The van der Waals surface area contributed by atoms with Gasteiger partial charge >= 0.3 is 0 Å². The van der Waals surface area contributed by atoms with Gasteiger partial charge in [0.1, 0.15) is 5.82 Å². The zero-order valence-corrected chi connectivity index (χ0v) is 6.95. The number of amides is 1. The molecule has 0 unspecified atom stereocenters. The van der Waals surface area contributed by atoms with Crippen LogP contribution in [0.25, 0.3) is 0 Å². The molecule has 4 nitrogen and oxygen atoms in total. The molecule has 70 valence electrons. The highest BCUT2D eigenvalue weighted by molar-refractivity contribution is 5.96. The molecule has 0 aromatic heterocycles. The summed E-state index contributed by atoms with van der Waals surface area (Å²) in [7, 11) is 0. The van der Waals surface area contributed by atoms with Gasteiger partial charge in [0.05, 0.1) is 22.8 Å². The van der Waals surface area contributed by atoms with Crippen molar-refractivity contribution in [1.82, 2.24) is 0 Å². The number of hydrogen-bond acceptors (Lipinski definition) is 3. The van der Waals surface area contributed by atoms with Crippen molar-refractivity contribution in [3.05, 3.63) is 34.6 Å². The van der Waals surface area contributed by atoms with E-state index in [9.17, 15) is 14.0 Å². The summed E-state index contributed by atoms with van der Waals surface area (Å²) in [5.41, 5.74) is 4.30. The lowest BCUT2D eigenvalue weighted by atomic mass is 10.0. The van der Waals surface area contributed by atoms with Gasteiger partial charge in [-0.05, 0) is 12.1 Å². The smallest absolute Gasteiger partial charge is 0.250 e. The molecule has 0 fully saturated rings. The van der Waals surface area contributed by atoms with Gasteiger partial charge in [-0.2, -0.15) is 5.26 Å². The number of benzene rings is 1. The van der Waals surface area contributed by atoms with E-state index in [0.717, 1.165) is 12.1 Å². The lowest BCUT2D eigenvalue weighted by Gasteiger charge is -2.00. The summed E-state index contributed by atoms with van der Waals surface area (Å²) in [6.45, 7) is 0. The molecule has 14 heavy (non-hydrogen) atoms. The molecular weight excluding hydrogens is 187 g/mol. The van der Waals surface area contributed by atoms with E-state index in [2.05, 4.69) is 0 Å². The molecule has 0 aliphatic carbocycles. The molecule has 1 amide bonds. The van der Waals surface area contributed by atoms with Crippen molar-refractivity contribution in [1.29, 1.82) is 5.26 Å². The number of nitriles is 1. The van der Waals surface area contributed by atoms with Gasteiger partial charge in [0.25, 0.3) is 0 Å². The second-order valence-corrected chi connectivity index (χ2v) is 2.51. The van der Waals surface area contributed by atoms with Crippen LogP contribution in [-0.2, 0) is 0 Å². The summed E-state index contributed by atoms with van der Waals surface area (Å²) in [6, 6.07) is 3.42. The lowest BCUT2D eigenvalue weighted by Crippen LogP contribution is -2.14. The fourth-order valence-electron chi connectivity index (χ4n) is 0.977. The maximum Gasteiger partial charge on any atom is 0.250 e. The number of carbonyl (C=O) groups is 2. The van der Waals surface area contributed by atoms with Gasteiger partial charge in [-0.25, -0.2) is 4.39 Å². The van der Waals surface area contributed by atoms with E-state index in [0.29, 0.717) is 0 Å². The van der Waals surface area contributed by atoms with Gasteiger partial charge in [0.2, 0.25) is 5.91 Å². The number of hydrogen-bond donors (Lipinski definition) is 1. The lowest BCUT2D eigenvalue weighted by molar-refractivity contribution is 0.0998. The van der Waals surface area contributed by atoms with E-state index in [1.807, 2.05) is 0 Å². The standard InChI is InChI=1S/C9H5FN2O2/c10-8-2-7(9(12)14)5(3-11)1-6(8)4-13/h1-2,4H,(H2,12,14). The van der Waals surface area contributed by atoms with Crippen molar-refractivity contribution < 1.29 is 14.0 Å². The Morgan fingerprint density at radius 2 is 2.21 bits per heavy atom. The number of aldehydes is 1. The zero-order valence-electron chi connectivity index (χ0n) is 6.95. The molecule has 0 heterocycles. The topological polar surface area (TPSA) is 83.9 Å². The third kappa shape index (κ3) is 1.59. The summed E-state index contributed by atoms with van der Waals surface area (Å²) in [6.07, 6.45) is 0.265. The Morgan fingerprint density at radius 3 is 2.64 bits per heavy atom. The molecule has 0 saturated carbocycles. The molecular formula is C9H5FN2O2. The summed E-state index contributed by atoms with van der Waals surface area (Å²) < 4.78 is 13.0. The zero-order chi connectivity index (χ0) is 10.7. The first-order valence-corrected chi connectivity index (χ1v) is 3.58. The van der Waals surface area contributed by atoms with E-state index in [-0.39, 0.29) is 23.0 Å². The Labute approximate surface area is 78.7 Å². The van der Waals surface area contributed by atoms with Gasteiger partial charge < -0.3 is 5.73 Å². The van der Waals surface area contributed by atoms with Crippen LogP contribution in [0, 0.1) is 17.1 Å². The van der Waals surface area contributed by atoms with Crippen LogP contribution in [0.1, 0.15) is 26.3 Å². The Kier molecular flexibility index (Phi) is 2.58. The van der Waals surface area contributed by atoms with E-state index in [1.165, 1.54) is 0 Å². The molecule has 0 bridgehead atoms. The van der Waals surface area contributed by atoms with Crippen LogP contribution >= 0.6 is 0 Å². The highest BCUT2D eigenvalue weighted by Crippen LogP contribution is 2.13. The molecule has 5 heteroatoms. The molecule has 0 radical (unpaired) electrons. The van der Waals surface area contributed by atoms with Crippen molar-refractivity contribution in [2.75, 3.05) is 0 Å². The molecule has 0 aliphatic rings. The molecule has 0 atom stereocenters. The first-order chi connectivity index (χ1) is 6.60. The number of nitrogens with zero attached hydrogens (tertiary/aromatic N) is 1. The van der Waals surface area contributed by atoms with Crippen LogP contribution in [0.4, 0.5) is 4.39 Å². The fraction of sp³-hybridized carbons (Fsp3) is 0. The Hall–Kier alpha value is -2.22. The molecule has 1 rings (SSSR count). The molecule has 1 aromatic carbocycles. The van der Waals surface area contributed by atoms with Crippen LogP contribution in [-0.4, -0.2) is 12.2 Å². The second-order valence-electron chi connectivity index (χ2n) is 2.51. The summed E-state index contributed by atoms with van der Waals surface area (Å²) in [5, 5.41) is 8.58. The predicted octanol–water partition coefficient (Wildman–Crippen LogP) is 0.609. The highest BCUT2D eigenvalue weighted by atomic mass is 19.1. The second kappa shape index (κ2) is 3.66. The minimum atomic E-state index is -0.905. The van der Waals surface area contributed by atoms with Crippen LogP contribution in [0.3, 0.4) is 0 Å². The Balaban J connectivity index is 3.48. The number of primary amides is 1. The Morgan fingerprint density at radius 1 is 1.57 bits per heavy atom. The normalized spacial score (nSPS) is 9.14. The van der Waals surface area contributed by atoms with Gasteiger partial charge in [-0.1, -0.05) is 0 Å². The maximum absolute atomic E-state index is 13.0. The van der Waals surface area contributed by atoms with Crippen molar-refractivity contribution in [3.63, 3.8) is 0 Å². The molecule has 2 N–H and O–H groups in total. The van der Waals surface area contributed by atoms with Crippen LogP contribution in [0.5, 0.6) is 0 Å². The van der Waals surface area contributed by atoms with Gasteiger partial charge in [-0.3, -0.25) is 9.59 Å². The number of nitrogens with two attached hydrogens (primary N) is 1. The predicted molar refractivity (Wildman–Crippen MR) is 45.0 cm³/mol. The highest BCUT2D eigenvalue weighted by Gasteiger charge is 2.12. The summed E-state index contributed by atoms with van der Waals surface area (Å²) >= 11 is 0. The largest absolute Gasteiger partial charge is 0.366 e. The van der Waals surface area contributed by atoms with Crippen LogP contribution in [0.2, 0.25) is 0 Å². The summed E-state index contributed by atoms with van der Waals surface area (Å²) in [5.74, 6) is -1.77. The maximum atomic E-state index is 13.0. The van der Waals surface area contributed by atoms with Crippen molar-refractivity contribution >= 4 is 12.2 Å². The third-order valence-corrected chi connectivity index (χ3v) is 1.65. The molecule has 1 aromatic rings. The summed E-state index contributed by atoms with van der Waals surface area (Å²) in [4.78, 5) is 21.1. The number of rotatable bonds is 2. The van der Waals surface area contributed by atoms with Crippen molar-refractivity contribution in [3.8, 4) is 6.07 Å². The minimum Gasteiger partial charge on any atom is -0.366 e. The molecule has 0 saturated heterocycles. The van der Waals surface area contributed by atoms with Gasteiger partial charge in [-0.15, -0.1) is 0 Å². The van der Waals surface area contributed by atoms with E-state index >= 15 is 0 Å². The van der Waals surface area contributed by atoms with E-state index in [1.54, 1.807) is 6.07 Å². The average molecular weight is 192 g/mol. The first-order valence-electron chi connectivity index (χ1n) is 3.58. The van der Waals surface area contributed by atoms with Crippen molar-refractivity contribution in [2.45, 2.75) is 0 Å². The van der Waals surface area contributed by atoms with Crippen molar-refractivity contribution in [2.24, 2.45) is 5.73 Å². The minimum absolute atomic E-state index is 0.110. The van der Waals surface area contributed by atoms with E-state index < -0.39 is 11.7 Å². The Bertz CT molecular complexity index is 449. The SMILES string of the molecule is N#Cc1cc(C=O)c(F)cc1C(N)=O. The third-order valence-electron chi connectivity index (χ3n) is 1.65. The van der Waals surface area contributed by atoms with Gasteiger partial charge in [0.15, 0.2) is 6.29 Å². The first kappa shape index (κ1) is 9.86.